The second-order valence-corrected chi connectivity index (χ2v) is 5.50. The lowest BCUT2D eigenvalue weighted by atomic mass is 9.87. The van der Waals surface area contributed by atoms with Gasteiger partial charge in [-0.15, -0.1) is 0 Å². The minimum absolute atomic E-state index is 0.0419. The summed E-state index contributed by atoms with van der Waals surface area (Å²) in [6.07, 6.45) is 6.48. The maximum absolute atomic E-state index is 12.1. The molecule has 1 heterocycles. The molecule has 1 aliphatic heterocycles. The molecular weight excluding hydrogens is 228 g/mol. The Morgan fingerprint density at radius 1 is 1.22 bits per heavy atom. The molecule has 4 nitrogen and oxygen atoms in total. The summed E-state index contributed by atoms with van der Waals surface area (Å²) in [4.78, 5) is 25.4. The summed E-state index contributed by atoms with van der Waals surface area (Å²) in [5.41, 5.74) is 0. The van der Waals surface area contributed by atoms with Crippen LogP contribution >= 0.6 is 0 Å². The van der Waals surface area contributed by atoms with Crippen LogP contribution in [0.2, 0.25) is 0 Å². The lowest BCUT2D eigenvalue weighted by Crippen LogP contribution is -2.62. The van der Waals surface area contributed by atoms with E-state index in [-0.39, 0.29) is 30.4 Å². The van der Waals surface area contributed by atoms with E-state index in [1.807, 2.05) is 0 Å². The fourth-order valence-corrected chi connectivity index (χ4v) is 2.86. The topological polar surface area (TPSA) is 49.4 Å². The second-order valence-electron chi connectivity index (χ2n) is 5.50. The van der Waals surface area contributed by atoms with Crippen molar-refractivity contribution in [3.63, 3.8) is 0 Å². The Kier molecular flexibility index (Phi) is 2.99. The molecule has 2 unspecified atom stereocenters. The monoisotopic (exact) mass is 246 g/mol. The van der Waals surface area contributed by atoms with Crippen LogP contribution in [0.3, 0.4) is 0 Å². The van der Waals surface area contributed by atoms with Crippen LogP contribution in [0.15, 0.2) is 0 Å². The first-order valence-electron chi connectivity index (χ1n) is 6.85. The second kappa shape index (κ2) is 4.64. The molecule has 2 atom stereocenters. The molecule has 2 aliphatic carbocycles. The number of amides is 2. The number of carbonyl (C=O) groups is 2. The molecule has 3 fully saturated rings. The highest BCUT2D eigenvalue weighted by atomic mass is 16.2. The van der Waals surface area contributed by atoms with Gasteiger partial charge in [-0.3, -0.25) is 9.59 Å². The summed E-state index contributed by atoms with van der Waals surface area (Å²) in [5.74, 6) is 5.94. The first-order chi connectivity index (χ1) is 8.74. The molecule has 0 aromatic heterocycles. The standard InChI is InChI=1S/C14H18N2O2/c17-13-9-16(14(18)8-7-10-5-6-10)12-4-2-1-3-11(12)15-13/h10-12H,1-6,9H2,(H,15,17). The van der Waals surface area contributed by atoms with E-state index < -0.39 is 0 Å². The maximum atomic E-state index is 12.1. The first-order valence-corrected chi connectivity index (χ1v) is 6.85. The molecule has 0 aromatic carbocycles. The molecule has 0 radical (unpaired) electrons. The normalized spacial score (nSPS) is 30.9. The average Bonchev–Trinajstić information content (AvgIpc) is 3.19. The number of fused-ring (bicyclic) bond motifs is 1. The smallest absolute Gasteiger partial charge is 0.299 e. The zero-order chi connectivity index (χ0) is 12.5. The average molecular weight is 246 g/mol. The Balaban J connectivity index is 1.73. The van der Waals surface area contributed by atoms with Gasteiger partial charge in [0.2, 0.25) is 5.91 Å². The first kappa shape index (κ1) is 11.6. The third-order valence-electron chi connectivity index (χ3n) is 4.01. The quantitative estimate of drug-likeness (QED) is 0.639. The van der Waals surface area contributed by atoms with Crippen molar-refractivity contribution >= 4 is 11.8 Å². The Morgan fingerprint density at radius 2 is 2.00 bits per heavy atom. The number of nitrogens with zero attached hydrogens (tertiary/aromatic N) is 1. The van der Waals surface area contributed by atoms with Gasteiger partial charge in [-0.1, -0.05) is 18.8 Å². The van der Waals surface area contributed by atoms with Crippen LogP contribution < -0.4 is 5.32 Å². The van der Waals surface area contributed by atoms with Gasteiger partial charge in [0.05, 0.1) is 6.04 Å². The van der Waals surface area contributed by atoms with Crippen LogP contribution in [0.4, 0.5) is 0 Å². The highest BCUT2D eigenvalue weighted by molar-refractivity contribution is 5.97. The van der Waals surface area contributed by atoms with Crippen LogP contribution in [0.1, 0.15) is 38.5 Å². The lowest BCUT2D eigenvalue weighted by molar-refractivity contribution is -0.140. The molecule has 3 rings (SSSR count). The van der Waals surface area contributed by atoms with E-state index in [1.54, 1.807) is 4.90 Å². The molecule has 18 heavy (non-hydrogen) atoms. The van der Waals surface area contributed by atoms with Gasteiger partial charge < -0.3 is 10.2 Å². The molecular formula is C14H18N2O2. The van der Waals surface area contributed by atoms with Crippen LogP contribution in [0.25, 0.3) is 0 Å². The van der Waals surface area contributed by atoms with E-state index in [1.165, 1.54) is 0 Å². The van der Waals surface area contributed by atoms with Gasteiger partial charge >= 0.3 is 0 Å². The van der Waals surface area contributed by atoms with Crippen LogP contribution in [-0.2, 0) is 9.59 Å². The van der Waals surface area contributed by atoms with E-state index in [2.05, 4.69) is 17.2 Å². The van der Waals surface area contributed by atoms with Gasteiger partial charge in [-0.05, 0) is 31.6 Å². The van der Waals surface area contributed by atoms with Crippen molar-refractivity contribution in [3.8, 4) is 11.8 Å². The maximum Gasteiger partial charge on any atom is 0.299 e. The van der Waals surface area contributed by atoms with Crippen molar-refractivity contribution < 1.29 is 9.59 Å². The number of carbonyl (C=O) groups excluding carboxylic acids is 2. The van der Waals surface area contributed by atoms with Gasteiger partial charge in [-0.2, -0.15) is 0 Å². The van der Waals surface area contributed by atoms with Crippen molar-refractivity contribution in [1.82, 2.24) is 10.2 Å². The van der Waals surface area contributed by atoms with Crippen LogP contribution in [-0.4, -0.2) is 35.3 Å². The SMILES string of the molecule is O=C1CN(C(=O)C#CC2CC2)C2CCCCC2N1. The zero-order valence-corrected chi connectivity index (χ0v) is 10.4. The molecule has 96 valence electrons. The summed E-state index contributed by atoms with van der Waals surface area (Å²) in [6, 6.07) is 0.309. The van der Waals surface area contributed by atoms with Gasteiger partial charge in [0.15, 0.2) is 0 Å². The number of hydrogen-bond donors (Lipinski definition) is 1. The fraction of sp³-hybridized carbons (Fsp3) is 0.714. The van der Waals surface area contributed by atoms with Crippen molar-refractivity contribution in [1.29, 1.82) is 0 Å². The number of nitrogens with one attached hydrogen (secondary N) is 1. The molecule has 1 N–H and O–H groups in total. The van der Waals surface area contributed by atoms with Crippen molar-refractivity contribution in [2.75, 3.05) is 6.54 Å². The molecule has 2 saturated carbocycles. The van der Waals surface area contributed by atoms with Gasteiger partial charge in [0.1, 0.15) is 6.54 Å². The molecule has 0 spiro atoms. The van der Waals surface area contributed by atoms with E-state index in [9.17, 15) is 9.59 Å². The van der Waals surface area contributed by atoms with Crippen LogP contribution in [0, 0.1) is 17.8 Å². The van der Waals surface area contributed by atoms with E-state index in [0.29, 0.717) is 5.92 Å². The third-order valence-corrected chi connectivity index (χ3v) is 4.01. The van der Waals surface area contributed by atoms with E-state index in [0.717, 1.165) is 38.5 Å². The van der Waals surface area contributed by atoms with Gasteiger partial charge in [0.25, 0.3) is 5.91 Å². The minimum atomic E-state index is -0.159. The van der Waals surface area contributed by atoms with Crippen molar-refractivity contribution in [2.24, 2.45) is 5.92 Å². The summed E-state index contributed by atoms with van der Waals surface area (Å²) < 4.78 is 0. The summed E-state index contributed by atoms with van der Waals surface area (Å²) in [5, 5.41) is 3.00. The Bertz CT molecular complexity index is 431. The van der Waals surface area contributed by atoms with Gasteiger partial charge in [0, 0.05) is 12.0 Å². The molecule has 2 amide bonds. The Labute approximate surface area is 107 Å². The largest absolute Gasteiger partial charge is 0.350 e. The molecule has 0 bridgehead atoms. The number of rotatable bonds is 0. The summed E-state index contributed by atoms with van der Waals surface area (Å²) in [7, 11) is 0. The van der Waals surface area contributed by atoms with E-state index in [4.69, 9.17) is 0 Å². The fourth-order valence-electron chi connectivity index (χ4n) is 2.86. The Hall–Kier alpha value is -1.50. The molecule has 1 saturated heterocycles. The summed E-state index contributed by atoms with van der Waals surface area (Å²) >= 11 is 0. The third kappa shape index (κ3) is 2.35. The predicted octanol–water partition coefficient (Wildman–Crippen LogP) is 0.669. The minimum Gasteiger partial charge on any atom is -0.350 e. The highest BCUT2D eigenvalue weighted by Gasteiger charge is 2.38. The molecule has 0 aromatic rings. The Morgan fingerprint density at radius 3 is 2.78 bits per heavy atom. The van der Waals surface area contributed by atoms with E-state index >= 15 is 0 Å². The van der Waals surface area contributed by atoms with Gasteiger partial charge in [-0.25, -0.2) is 0 Å². The zero-order valence-electron chi connectivity index (χ0n) is 10.4. The van der Waals surface area contributed by atoms with Crippen LogP contribution in [0.5, 0.6) is 0 Å². The van der Waals surface area contributed by atoms with Crippen molar-refractivity contribution in [3.05, 3.63) is 0 Å². The number of hydrogen-bond acceptors (Lipinski definition) is 2. The highest BCUT2D eigenvalue weighted by Crippen LogP contribution is 2.28. The summed E-state index contributed by atoms with van der Waals surface area (Å²) in [6.45, 7) is 0.180. The number of piperazine rings is 1. The molecule has 4 heteroatoms. The molecule has 3 aliphatic rings. The lowest BCUT2D eigenvalue weighted by Gasteiger charge is -2.43. The van der Waals surface area contributed by atoms with Crippen molar-refractivity contribution in [2.45, 2.75) is 50.6 Å². The predicted molar refractivity (Wildman–Crippen MR) is 66.4 cm³/mol.